The van der Waals surface area contributed by atoms with Crippen LogP contribution in [-0.4, -0.2) is 94.6 Å². The quantitative estimate of drug-likeness (QED) is 0.246. The molecule has 2 atom stereocenters. The third-order valence-corrected chi connectivity index (χ3v) is 8.44. The van der Waals surface area contributed by atoms with Gasteiger partial charge in [-0.25, -0.2) is 18.3 Å². The summed E-state index contributed by atoms with van der Waals surface area (Å²) in [5.74, 6) is -1.45. The van der Waals surface area contributed by atoms with Crippen LogP contribution in [0.5, 0.6) is 0 Å². The molecule has 4 aromatic rings. The van der Waals surface area contributed by atoms with Gasteiger partial charge in [0.25, 0.3) is 18.5 Å². The summed E-state index contributed by atoms with van der Waals surface area (Å²) in [6, 6.07) is 5.97. The number of alkyl halides is 2. The lowest BCUT2D eigenvalue weighted by molar-refractivity contribution is -0.138. The maximum absolute atomic E-state index is 13.6. The Morgan fingerprint density at radius 2 is 1.91 bits per heavy atom. The molecule has 1 aromatic carbocycles. The number of nitrogens with one attached hydrogen (secondary N) is 1. The first-order chi connectivity index (χ1) is 21.6. The smallest absolute Gasteiger partial charge is 0.296 e. The molecule has 0 spiro atoms. The van der Waals surface area contributed by atoms with Crippen LogP contribution in [0.3, 0.4) is 0 Å². The van der Waals surface area contributed by atoms with Crippen molar-refractivity contribution in [2.24, 2.45) is 0 Å². The summed E-state index contributed by atoms with van der Waals surface area (Å²) >= 11 is 0. The molecule has 1 aliphatic heterocycles. The molecular formula is C29H33F3N8O5. The number of aliphatic hydroxyl groups is 1. The molecule has 1 saturated heterocycles. The van der Waals surface area contributed by atoms with Crippen LogP contribution in [0.1, 0.15) is 36.4 Å². The standard InChI is InChI=1S/C28H31F3N8O3.CH2O2/c1-32-20-11-17-2-3-18(10-19(17)12-20)22-14-33-26-27(41)37(16-34-39(22)26)15-28(42)5-8-36(9-6-28)24(40)13-21(25(30)31)38-7-4-23(29)35-38;2-1-3/h2-4,7,10,14,16,20-21,25,32,42H,5-6,8-9,11-13,15H2,1H3;1H,(H,2,3)/t20?,21-;/m0./s1. The molecule has 240 valence electrons. The minimum Gasteiger partial charge on any atom is -0.483 e. The molecule has 2 aliphatic rings. The van der Waals surface area contributed by atoms with E-state index in [0.29, 0.717) is 11.7 Å². The first-order valence-corrected chi connectivity index (χ1v) is 14.3. The molecule has 0 saturated carbocycles. The molecule has 1 aliphatic carbocycles. The lowest BCUT2D eigenvalue weighted by atomic mass is 9.91. The Hall–Kier alpha value is -4.57. The van der Waals surface area contributed by atoms with E-state index in [1.165, 1.54) is 31.4 Å². The predicted molar refractivity (Wildman–Crippen MR) is 154 cm³/mol. The summed E-state index contributed by atoms with van der Waals surface area (Å²) in [6.07, 6.45) is 2.75. The SMILES string of the molecule is CNC1Cc2ccc(-c3cnc4c(=O)n(CC5(O)CCN(C(=O)C[C@@H](C(F)F)n6ccc(F)n6)CC5)cnn34)cc2C1.O=CO. The highest BCUT2D eigenvalue weighted by molar-refractivity contribution is 5.76. The zero-order valence-corrected chi connectivity index (χ0v) is 24.4. The van der Waals surface area contributed by atoms with E-state index in [4.69, 9.17) is 9.90 Å². The Morgan fingerprint density at radius 1 is 1.20 bits per heavy atom. The Balaban J connectivity index is 0.00000128. The largest absolute Gasteiger partial charge is 0.483 e. The van der Waals surface area contributed by atoms with Crippen molar-refractivity contribution in [2.75, 3.05) is 20.1 Å². The number of fused-ring (bicyclic) bond motifs is 2. The zero-order valence-electron chi connectivity index (χ0n) is 24.4. The first-order valence-electron chi connectivity index (χ1n) is 14.3. The van der Waals surface area contributed by atoms with Gasteiger partial charge in [-0.2, -0.15) is 9.49 Å². The Bertz CT molecular complexity index is 1730. The number of piperidine rings is 1. The van der Waals surface area contributed by atoms with E-state index in [9.17, 15) is 27.9 Å². The average molecular weight is 631 g/mol. The number of halogens is 3. The van der Waals surface area contributed by atoms with Crippen molar-refractivity contribution in [3.05, 3.63) is 70.4 Å². The van der Waals surface area contributed by atoms with Gasteiger partial charge in [-0.05, 0) is 49.9 Å². The van der Waals surface area contributed by atoms with Gasteiger partial charge in [-0.3, -0.25) is 23.6 Å². The van der Waals surface area contributed by atoms with E-state index >= 15 is 0 Å². The molecular weight excluding hydrogens is 597 g/mol. The van der Waals surface area contributed by atoms with Crippen LogP contribution in [0.4, 0.5) is 13.2 Å². The van der Waals surface area contributed by atoms with E-state index in [0.717, 1.165) is 35.4 Å². The van der Waals surface area contributed by atoms with Crippen LogP contribution in [-0.2, 0) is 29.0 Å². The number of carbonyl (C=O) groups is 2. The van der Waals surface area contributed by atoms with Crippen LogP contribution >= 0.6 is 0 Å². The van der Waals surface area contributed by atoms with Gasteiger partial charge in [-0.15, -0.1) is 5.10 Å². The van der Waals surface area contributed by atoms with Gasteiger partial charge in [0.1, 0.15) is 12.4 Å². The minimum atomic E-state index is -2.92. The van der Waals surface area contributed by atoms with Crippen molar-refractivity contribution in [3.63, 3.8) is 0 Å². The van der Waals surface area contributed by atoms with Gasteiger partial charge in [0, 0.05) is 37.0 Å². The van der Waals surface area contributed by atoms with Crippen molar-refractivity contribution in [2.45, 2.75) is 62.8 Å². The maximum atomic E-state index is 13.6. The maximum Gasteiger partial charge on any atom is 0.296 e. The highest BCUT2D eigenvalue weighted by Gasteiger charge is 2.36. The number of likely N-dealkylation sites (N-methyl/N-ethyl adjacent to an activating group) is 1. The number of hydrogen-bond acceptors (Lipinski definition) is 8. The second kappa shape index (κ2) is 13.2. The van der Waals surface area contributed by atoms with E-state index in [1.54, 1.807) is 6.20 Å². The highest BCUT2D eigenvalue weighted by atomic mass is 19.3. The van der Waals surface area contributed by atoms with Gasteiger partial charge in [0.05, 0.1) is 30.5 Å². The Kier molecular flexibility index (Phi) is 9.34. The number of imidazole rings is 1. The molecule has 1 fully saturated rings. The van der Waals surface area contributed by atoms with Crippen LogP contribution in [0.25, 0.3) is 16.9 Å². The number of rotatable bonds is 8. The topological polar surface area (TPSA) is 160 Å². The van der Waals surface area contributed by atoms with Crippen LogP contribution in [0, 0.1) is 5.95 Å². The fourth-order valence-electron chi connectivity index (χ4n) is 5.95. The number of amides is 1. The van der Waals surface area contributed by atoms with Crippen molar-refractivity contribution < 1.29 is 33.0 Å². The van der Waals surface area contributed by atoms with Crippen LogP contribution in [0.2, 0.25) is 0 Å². The third-order valence-electron chi connectivity index (χ3n) is 8.44. The molecule has 0 radical (unpaired) electrons. The molecule has 16 heteroatoms. The van der Waals surface area contributed by atoms with E-state index in [-0.39, 0.29) is 44.6 Å². The van der Waals surface area contributed by atoms with Gasteiger partial charge < -0.3 is 20.4 Å². The van der Waals surface area contributed by atoms with E-state index in [1.807, 2.05) is 13.1 Å². The molecule has 4 heterocycles. The normalized spacial score (nSPS) is 18.0. The summed E-state index contributed by atoms with van der Waals surface area (Å²) in [4.78, 5) is 40.2. The monoisotopic (exact) mass is 630 g/mol. The van der Waals surface area contributed by atoms with Crippen LogP contribution < -0.4 is 10.9 Å². The van der Waals surface area contributed by atoms with Gasteiger partial charge in [-0.1, -0.05) is 12.1 Å². The number of carbonyl (C=O) groups excluding carboxylic acids is 1. The Labute approximate surface area is 254 Å². The number of hydrogen-bond donors (Lipinski definition) is 3. The summed E-state index contributed by atoms with van der Waals surface area (Å²) in [7, 11) is 1.95. The van der Waals surface area contributed by atoms with Gasteiger partial charge in [0.15, 0.2) is 0 Å². The fraction of sp³-hybridized carbons (Fsp3) is 0.448. The molecule has 6 rings (SSSR count). The molecule has 45 heavy (non-hydrogen) atoms. The fourth-order valence-corrected chi connectivity index (χ4v) is 5.95. The number of likely N-dealkylation sites (tertiary alicyclic amines) is 1. The van der Waals surface area contributed by atoms with Crippen molar-refractivity contribution in [1.82, 2.24) is 39.2 Å². The molecule has 3 aromatic heterocycles. The number of benzene rings is 1. The summed E-state index contributed by atoms with van der Waals surface area (Å²) < 4.78 is 43.9. The molecule has 0 bridgehead atoms. The third kappa shape index (κ3) is 6.76. The number of nitrogens with zero attached hydrogens (tertiary/aromatic N) is 7. The second-order valence-electron chi connectivity index (χ2n) is 11.3. The number of carboxylic acid groups (broad SMARTS) is 1. The van der Waals surface area contributed by atoms with E-state index < -0.39 is 41.9 Å². The van der Waals surface area contributed by atoms with Crippen LogP contribution in [0.15, 0.2) is 47.8 Å². The highest BCUT2D eigenvalue weighted by Crippen LogP contribution is 2.29. The number of aromatic nitrogens is 6. The van der Waals surface area contributed by atoms with Gasteiger partial charge in [0.2, 0.25) is 17.5 Å². The molecule has 3 N–H and O–H groups in total. The first kappa shape index (κ1) is 31.8. The predicted octanol–water partition coefficient (Wildman–Crippen LogP) is 1.53. The zero-order chi connectivity index (χ0) is 32.3. The summed E-state index contributed by atoms with van der Waals surface area (Å²) in [5, 5.41) is 29.3. The minimum absolute atomic E-state index is 0.0595. The average Bonchev–Trinajstić information content (AvgIpc) is 3.75. The van der Waals surface area contributed by atoms with Gasteiger partial charge >= 0.3 is 0 Å². The van der Waals surface area contributed by atoms with E-state index in [2.05, 4.69) is 32.6 Å². The summed E-state index contributed by atoms with van der Waals surface area (Å²) in [6.45, 7) is -0.0804. The molecule has 13 nitrogen and oxygen atoms in total. The Morgan fingerprint density at radius 3 is 2.56 bits per heavy atom. The second-order valence-corrected chi connectivity index (χ2v) is 11.3. The summed E-state index contributed by atoms with van der Waals surface area (Å²) in [5.41, 5.74) is 2.55. The molecule has 1 unspecified atom stereocenters. The van der Waals surface area contributed by atoms with Crippen molar-refractivity contribution in [1.29, 1.82) is 0 Å². The van der Waals surface area contributed by atoms with Crippen molar-refractivity contribution >= 4 is 18.0 Å². The lowest BCUT2D eigenvalue weighted by Crippen LogP contribution is -2.50. The van der Waals surface area contributed by atoms with Crippen molar-refractivity contribution in [3.8, 4) is 11.3 Å². The lowest BCUT2D eigenvalue weighted by Gasteiger charge is -2.38. The molecule has 1 amide bonds.